The van der Waals surface area contributed by atoms with Gasteiger partial charge in [-0.2, -0.15) is 0 Å². The molecule has 40 heavy (non-hydrogen) atoms. The molecule has 1 aliphatic heterocycles. The third kappa shape index (κ3) is 8.75. The number of benzene rings is 1. The summed E-state index contributed by atoms with van der Waals surface area (Å²) < 4.78 is 46.8. The zero-order chi connectivity index (χ0) is 27.7. The monoisotopic (exact) mass is 593 g/mol. The predicted molar refractivity (Wildman–Crippen MR) is 132 cm³/mol. The van der Waals surface area contributed by atoms with Crippen molar-refractivity contribution in [3.05, 3.63) is 53.2 Å². The number of ether oxygens (including phenoxy) is 3. The first kappa shape index (κ1) is 34.7. The number of methoxy groups -OCH3 is 2. The number of nitrogens with zero attached hydrogens (tertiary/aromatic N) is 4. The summed E-state index contributed by atoms with van der Waals surface area (Å²) in [7, 11) is -2.13. The number of phosphoric ester groups is 1. The zero-order valence-electron chi connectivity index (χ0n) is 23.5. The number of hydrogen-bond acceptors (Lipinski definition) is 12. The molecule has 0 saturated heterocycles. The van der Waals surface area contributed by atoms with E-state index in [0.717, 1.165) is 11.8 Å². The number of aryl methyl sites for hydroxylation is 1. The normalized spacial score (nSPS) is 13.8. The Morgan fingerprint density at radius 2 is 1.90 bits per heavy atom. The SMILES string of the molecule is COc1cc(Nc2ncc(F)c(Cc3ccc4c(n3)N(COP(=O)([O-])[O-])CC(C)(C)O4)n2)cc(C)c1OC.[Na+].[Na+]. The number of hydrogen-bond donors (Lipinski definition) is 1. The Kier molecular flexibility index (Phi) is 12.2. The van der Waals surface area contributed by atoms with E-state index < -0.39 is 26.0 Å². The van der Waals surface area contributed by atoms with Crippen LogP contribution in [0.15, 0.2) is 30.5 Å². The molecule has 1 N–H and O–H groups in total. The number of nitrogens with one attached hydrogen (secondary N) is 1. The van der Waals surface area contributed by atoms with Gasteiger partial charge in [0.25, 0.3) is 0 Å². The van der Waals surface area contributed by atoms with Crippen LogP contribution in [0.25, 0.3) is 0 Å². The van der Waals surface area contributed by atoms with Crippen molar-refractivity contribution in [2.75, 3.05) is 37.7 Å². The van der Waals surface area contributed by atoms with Gasteiger partial charge in [0.15, 0.2) is 28.9 Å². The van der Waals surface area contributed by atoms with E-state index in [0.29, 0.717) is 28.6 Å². The topological polar surface area (TPSA) is 154 Å². The quantitative estimate of drug-likeness (QED) is 0.193. The van der Waals surface area contributed by atoms with E-state index in [9.17, 15) is 18.7 Å². The summed E-state index contributed by atoms with van der Waals surface area (Å²) in [5.74, 6) is 1.28. The average molecular weight is 593 g/mol. The Morgan fingerprint density at radius 3 is 2.55 bits per heavy atom. The molecule has 3 aromatic rings. The van der Waals surface area contributed by atoms with Crippen molar-refractivity contribution < 1.29 is 96.6 Å². The van der Waals surface area contributed by atoms with E-state index in [1.807, 2.05) is 13.0 Å². The first-order chi connectivity index (χ1) is 17.9. The summed E-state index contributed by atoms with van der Waals surface area (Å²) in [6.45, 7) is 5.14. The van der Waals surface area contributed by atoms with Gasteiger partial charge in [-0.05, 0) is 44.5 Å². The maximum absolute atomic E-state index is 14.7. The minimum atomic E-state index is -5.21. The van der Waals surface area contributed by atoms with Gasteiger partial charge in [0.2, 0.25) is 5.95 Å². The fraction of sp³-hybridized carbons (Fsp3) is 0.375. The number of aromatic nitrogens is 3. The van der Waals surface area contributed by atoms with Gasteiger partial charge in [-0.3, -0.25) is 0 Å². The third-order valence-corrected chi connectivity index (χ3v) is 6.04. The number of anilines is 3. The van der Waals surface area contributed by atoms with Crippen LogP contribution >= 0.6 is 7.82 Å². The summed E-state index contributed by atoms with van der Waals surface area (Å²) in [5, 5.41) is 3.05. The summed E-state index contributed by atoms with van der Waals surface area (Å²) in [6.07, 6.45) is 1.06. The van der Waals surface area contributed by atoms with Crippen molar-refractivity contribution >= 4 is 25.3 Å². The smallest absolute Gasteiger partial charge is 0.790 e. The van der Waals surface area contributed by atoms with E-state index >= 15 is 0 Å². The van der Waals surface area contributed by atoms with E-state index in [-0.39, 0.29) is 89.5 Å². The Labute approximate surface area is 275 Å². The van der Waals surface area contributed by atoms with Gasteiger partial charge in [0, 0.05) is 23.9 Å². The fourth-order valence-corrected chi connectivity index (χ4v) is 4.39. The predicted octanol–water partition coefficient (Wildman–Crippen LogP) is -3.54. The molecule has 0 bridgehead atoms. The number of halogens is 1. The largest absolute Gasteiger partial charge is 1.00 e. The molecule has 0 amide bonds. The zero-order valence-corrected chi connectivity index (χ0v) is 28.4. The van der Waals surface area contributed by atoms with Crippen LogP contribution in [0.1, 0.15) is 30.8 Å². The van der Waals surface area contributed by atoms with Gasteiger partial charge in [0.1, 0.15) is 12.3 Å². The van der Waals surface area contributed by atoms with Gasteiger partial charge >= 0.3 is 59.1 Å². The molecule has 0 unspecified atom stereocenters. The van der Waals surface area contributed by atoms with Crippen LogP contribution in [0.5, 0.6) is 17.2 Å². The summed E-state index contributed by atoms with van der Waals surface area (Å²) >= 11 is 0. The molecular formula is C24H27FN5Na2O7P. The molecule has 3 heterocycles. The second kappa shape index (κ2) is 14.1. The number of pyridine rings is 1. The minimum Gasteiger partial charge on any atom is -0.790 e. The van der Waals surface area contributed by atoms with Gasteiger partial charge in [0.05, 0.1) is 40.5 Å². The van der Waals surface area contributed by atoms with Crippen LogP contribution in [0.3, 0.4) is 0 Å². The summed E-state index contributed by atoms with van der Waals surface area (Å²) in [5.41, 5.74) is 1.25. The van der Waals surface area contributed by atoms with E-state index in [4.69, 9.17) is 14.2 Å². The number of phosphoric acid groups is 1. The van der Waals surface area contributed by atoms with Crippen molar-refractivity contribution in [1.29, 1.82) is 0 Å². The Balaban J connectivity index is 0.00000280. The molecule has 1 aliphatic rings. The molecule has 0 spiro atoms. The molecule has 0 atom stereocenters. The molecule has 204 valence electrons. The molecule has 2 aromatic heterocycles. The number of rotatable bonds is 9. The molecule has 12 nitrogen and oxygen atoms in total. The average Bonchev–Trinajstić information content (AvgIpc) is 2.83. The second-order valence-corrected chi connectivity index (χ2v) is 10.4. The second-order valence-electron chi connectivity index (χ2n) is 9.21. The number of fused-ring (bicyclic) bond motifs is 1. The fourth-order valence-electron chi connectivity index (χ4n) is 4.11. The van der Waals surface area contributed by atoms with Crippen molar-refractivity contribution in [2.24, 2.45) is 0 Å². The summed E-state index contributed by atoms with van der Waals surface area (Å²) in [4.78, 5) is 36.4. The van der Waals surface area contributed by atoms with Crippen molar-refractivity contribution in [3.8, 4) is 17.2 Å². The minimum absolute atomic E-state index is 0. The van der Waals surface area contributed by atoms with Crippen molar-refractivity contribution in [3.63, 3.8) is 0 Å². The Hall–Kier alpha value is -1.51. The van der Waals surface area contributed by atoms with Crippen LogP contribution < -0.4 is 93.3 Å². The van der Waals surface area contributed by atoms with E-state index in [1.165, 1.54) is 12.0 Å². The van der Waals surface area contributed by atoms with Crippen LogP contribution in [-0.2, 0) is 15.5 Å². The van der Waals surface area contributed by atoms with Crippen LogP contribution in [-0.4, -0.2) is 48.0 Å². The van der Waals surface area contributed by atoms with Gasteiger partial charge < -0.3 is 43.3 Å². The molecule has 0 fully saturated rings. The van der Waals surface area contributed by atoms with E-state index in [2.05, 4.69) is 24.8 Å². The van der Waals surface area contributed by atoms with E-state index in [1.54, 1.807) is 39.2 Å². The molecular weight excluding hydrogens is 566 g/mol. The molecule has 4 rings (SSSR count). The van der Waals surface area contributed by atoms with Crippen molar-refractivity contribution in [2.45, 2.75) is 32.8 Å². The van der Waals surface area contributed by atoms with Gasteiger partial charge in [-0.15, -0.1) is 0 Å². The van der Waals surface area contributed by atoms with Gasteiger partial charge in [-0.25, -0.2) is 19.3 Å². The first-order valence-electron chi connectivity index (χ1n) is 11.5. The van der Waals surface area contributed by atoms with Crippen molar-refractivity contribution in [1.82, 2.24) is 15.0 Å². The molecule has 0 radical (unpaired) electrons. The summed E-state index contributed by atoms with van der Waals surface area (Å²) in [6, 6.07) is 6.83. The first-order valence-corrected chi connectivity index (χ1v) is 12.9. The molecule has 1 aromatic carbocycles. The Bertz CT molecular complexity index is 1400. The maximum Gasteiger partial charge on any atom is 1.00 e. The molecule has 0 saturated carbocycles. The maximum atomic E-state index is 14.7. The Morgan fingerprint density at radius 1 is 1.18 bits per heavy atom. The standard InChI is InChI=1S/C24H29FN5O7P.2Na/c1-14-8-16(10-20(34-4)21(14)35-5)28-23-26-11-17(25)18(29-23)9-15-6-7-19-22(27-15)30(12-24(2,3)37-19)13-36-38(31,32)33;;/h6-8,10-11H,9,12-13H2,1-5H3,(H,26,28,29)(H2,31,32,33);;/q;2*+1/p-2. The molecule has 0 aliphatic carbocycles. The van der Waals surface area contributed by atoms with Gasteiger partial charge in [-0.1, -0.05) is 0 Å². The third-order valence-electron chi connectivity index (χ3n) is 5.61. The van der Waals surface area contributed by atoms with Crippen LogP contribution in [0.4, 0.5) is 21.8 Å². The van der Waals surface area contributed by atoms with Crippen LogP contribution in [0.2, 0.25) is 0 Å². The molecule has 16 heteroatoms. The van der Waals surface area contributed by atoms with Crippen LogP contribution in [0, 0.1) is 12.7 Å².